The summed E-state index contributed by atoms with van der Waals surface area (Å²) in [6.45, 7) is 5.22. The number of thioether (sulfide) groups is 1. The predicted molar refractivity (Wildman–Crippen MR) is 117 cm³/mol. The van der Waals surface area contributed by atoms with E-state index in [1.807, 2.05) is 0 Å². The molecule has 3 N–H and O–H groups in total. The largest absolute Gasteiger partial charge is 0.463 e. The van der Waals surface area contributed by atoms with Gasteiger partial charge in [-0.2, -0.15) is 24.9 Å². The lowest BCUT2D eigenvalue weighted by Gasteiger charge is -2.32. The molecule has 1 aromatic rings. The minimum Gasteiger partial charge on any atom is -0.463 e. The smallest absolute Gasteiger partial charge is 0.416 e. The van der Waals surface area contributed by atoms with E-state index in [1.54, 1.807) is 20.8 Å². The highest BCUT2D eigenvalue weighted by atomic mass is 32.2. The van der Waals surface area contributed by atoms with Gasteiger partial charge in [-0.3, -0.25) is 0 Å². The number of ether oxygens (including phenoxy) is 2. The number of allylic oxidation sites excluding steroid dienone is 1. The second-order valence-electron chi connectivity index (χ2n) is 6.86. The fourth-order valence-electron chi connectivity index (χ4n) is 3.52. The van der Waals surface area contributed by atoms with Gasteiger partial charge < -0.3 is 20.5 Å². The maximum atomic E-state index is 13.9. The lowest BCUT2D eigenvalue weighted by atomic mass is 9.78. The van der Waals surface area contributed by atoms with Crippen LogP contribution in [0.1, 0.15) is 37.8 Å². The maximum Gasteiger partial charge on any atom is 0.416 e. The molecule has 0 aliphatic carbocycles. The lowest BCUT2D eigenvalue weighted by Crippen LogP contribution is -2.35. The molecule has 6 nitrogen and oxygen atoms in total. The summed E-state index contributed by atoms with van der Waals surface area (Å²) in [5.74, 6) is -2.03. The number of alkyl halides is 3. The van der Waals surface area contributed by atoms with E-state index in [1.165, 1.54) is 30.0 Å². The van der Waals surface area contributed by atoms with E-state index in [0.29, 0.717) is 23.7 Å². The van der Waals surface area contributed by atoms with E-state index in [0.717, 1.165) is 6.07 Å². The average molecular weight is 473 g/mol. The first kappa shape index (κ1) is 25.8. The van der Waals surface area contributed by atoms with Gasteiger partial charge in [0.2, 0.25) is 0 Å². The third-order valence-corrected chi connectivity index (χ3v) is 5.74. The van der Waals surface area contributed by atoms with Gasteiger partial charge in [0, 0.05) is 29.4 Å². The van der Waals surface area contributed by atoms with Crippen molar-refractivity contribution in [3.05, 3.63) is 57.9 Å². The van der Waals surface area contributed by atoms with E-state index in [4.69, 9.17) is 15.2 Å². The Bertz CT molecular complexity index is 913. The van der Waals surface area contributed by atoms with Crippen LogP contribution in [0.5, 0.6) is 0 Å². The molecule has 1 heterocycles. The van der Waals surface area contributed by atoms with Crippen LogP contribution in [0.15, 0.2) is 46.8 Å². The molecule has 1 unspecified atom stereocenters. The zero-order valence-electron chi connectivity index (χ0n) is 18.2. The van der Waals surface area contributed by atoms with Gasteiger partial charge in [0.15, 0.2) is 0 Å². The summed E-state index contributed by atoms with van der Waals surface area (Å²) in [6.07, 6.45) is -4.69. The number of dihydropyridines is 1. The molecule has 10 heteroatoms. The van der Waals surface area contributed by atoms with Crippen molar-refractivity contribution in [1.29, 1.82) is 0 Å². The Balaban J connectivity index is 2.80. The van der Waals surface area contributed by atoms with Crippen LogP contribution in [-0.2, 0) is 25.2 Å². The zero-order chi connectivity index (χ0) is 23.9. The quantitative estimate of drug-likeness (QED) is 0.418. The first-order valence-corrected chi connectivity index (χ1v) is 11.3. The number of halogens is 3. The molecular formula is C22H27F3N2O4S. The number of hydrogen-bond acceptors (Lipinski definition) is 7. The van der Waals surface area contributed by atoms with Gasteiger partial charge in [-0.05, 0) is 32.4 Å². The molecule has 1 aliphatic rings. The molecule has 0 radical (unpaired) electrons. The first-order chi connectivity index (χ1) is 15.2. The van der Waals surface area contributed by atoms with Gasteiger partial charge in [0.05, 0.1) is 35.8 Å². The molecule has 0 saturated carbocycles. The van der Waals surface area contributed by atoms with Crippen LogP contribution in [0.2, 0.25) is 0 Å². The number of nitrogens with one attached hydrogen (secondary N) is 1. The van der Waals surface area contributed by atoms with Crippen LogP contribution in [0, 0.1) is 0 Å². The number of carbonyl (C=O) groups is 2. The standard InChI is InChI=1S/C22H27F3N2O4S/c1-4-30-20(28)17-13(3)27-16(12-32-11-10-26)19(21(29)31-5-2)18(17)14-8-6-7-9-15(14)22(23,24)25/h6-9,18,27H,4-5,10-12,26H2,1-3H3. The molecule has 0 spiro atoms. The highest BCUT2D eigenvalue weighted by Crippen LogP contribution is 2.44. The SMILES string of the molecule is CCOC(=O)C1=C(C)NC(CSCCN)=C(C(=O)OCC)C1c1ccccc1C(F)(F)F. The summed E-state index contributed by atoms with van der Waals surface area (Å²) in [5.41, 5.74) is 5.01. The Labute approximate surface area is 189 Å². The van der Waals surface area contributed by atoms with Crippen molar-refractivity contribution >= 4 is 23.7 Å². The highest BCUT2D eigenvalue weighted by Gasteiger charge is 2.43. The minimum atomic E-state index is -4.69. The summed E-state index contributed by atoms with van der Waals surface area (Å²) in [4.78, 5) is 25.9. The van der Waals surface area contributed by atoms with Gasteiger partial charge in [-0.15, -0.1) is 0 Å². The zero-order valence-corrected chi connectivity index (χ0v) is 19.0. The third kappa shape index (κ3) is 5.86. The molecule has 0 fully saturated rings. The number of carbonyl (C=O) groups excluding carboxylic acids is 2. The normalized spacial score (nSPS) is 16.7. The van der Waals surface area contributed by atoms with Gasteiger partial charge >= 0.3 is 18.1 Å². The monoisotopic (exact) mass is 472 g/mol. The summed E-state index contributed by atoms with van der Waals surface area (Å²) in [7, 11) is 0. The third-order valence-electron chi connectivity index (χ3n) is 4.72. The lowest BCUT2D eigenvalue weighted by molar-refractivity contribution is -0.142. The van der Waals surface area contributed by atoms with Crippen molar-refractivity contribution in [3.63, 3.8) is 0 Å². The van der Waals surface area contributed by atoms with Crippen molar-refractivity contribution < 1.29 is 32.2 Å². The second-order valence-corrected chi connectivity index (χ2v) is 7.96. The Hall–Kier alpha value is -2.46. The molecule has 1 aliphatic heterocycles. The predicted octanol–water partition coefficient (Wildman–Crippen LogP) is 3.74. The number of nitrogens with two attached hydrogens (primary N) is 1. The van der Waals surface area contributed by atoms with Crippen LogP contribution in [0.3, 0.4) is 0 Å². The minimum absolute atomic E-state index is 0.0244. The fourth-order valence-corrected chi connectivity index (χ4v) is 4.26. The Kier molecular flexibility index (Phi) is 9.21. The molecule has 1 atom stereocenters. The molecule has 0 bridgehead atoms. The molecule has 32 heavy (non-hydrogen) atoms. The van der Waals surface area contributed by atoms with E-state index < -0.39 is 29.6 Å². The highest BCUT2D eigenvalue weighted by molar-refractivity contribution is 7.99. The van der Waals surface area contributed by atoms with Crippen molar-refractivity contribution in [3.8, 4) is 0 Å². The van der Waals surface area contributed by atoms with E-state index >= 15 is 0 Å². The van der Waals surface area contributed by atoms with Crippen LogP contribution in [-0.4, -0.2) is 43.2 Å². The molecule has 176 valence electrons. The van der Waals surface area contributed by atoms with E-state index in [-0.39, 0.29) is 35.7 Å². The maximum absolute atomic E-state index is 13.9. The van der Waals surface area contributed by atoms with Crippen LogP contribution in [0.25, 0.3) is 0 Å². The Morgan fingerprint density at radius 2 is 1.69 bits per heavy atom. The number of hydrogen-bond donors (Lipinski definition) is 2. The van der Waals surface area contributed by atoms with Gasteiger partial charge in [-0.25, -0.2) is 9.59 Å². The molecule has 0 aromatic heterocycles. The average Bonchev–Trinajstić information content (AvgIpc) is 2.73. The second kappa shape index (κ2) is 11.4. The summed E-state index contributed by atoms with van der Waals surface area (Å²) in [6, 6.07) is 4.91. The van der Waals surface area contributed by atoms with Crippen LogP contribution >= 0.6 is 11.8 Å². The van der Waals surface area contributed by atoms with Gasteiger partial charge in [0.1, 0.15) is 0 Å². The van der Waals surface area contributed by atoms with Crippen molar-refractivity contribution in [2.24, 2.45) is 5.73 Å². The van der Waals surface area contributed by atoms with Crippen LogP contribution < -0.4 is 11.1 Å². The molecular weight excluding hydrogens is 445 g/mol. The summed E-state index contributed by atoms with van der Waals surface area (Å²) in [5, 5.41) is 3.03. The molecule has 0 saturated heterocycles. The fraction of sp³-hybridized carbons (Fsp3) is 0.455. The van der Waals surface area contributed by atoms with Crippen molar-refractivity contribution in [2.75, 3.05) is 31.3 Å². The van der Waals surface area contributed by atoms with Crippen molar-refractivity contribution in [2.45, 2.75) is 32.9 Å². The number of esters is 2. The van der Waals surface area contributed by atoms with Crippen molar-refractivity contribution in [1.82, 2.24) is 5.32 Å². The summed E-state index contributed by atoms with van der Waals surface area (Å²) >= 11 is 1.41. The molecule has 0 amide bonds. The topological polar surface area (TPSA) is 90.6 Å². The van der Waals surface area contributed by atoms with Gasteiger partial charge in [-0.1, -0.05) is 18.2 Å². The van der Waals surface area contributed by atoms with E-state index in [2.05, 4.69) is 5.32 Å². The molecule has 2 rings (SSSR count). The Morgan fingerprint density at radius 3 is 2.25 bits per heavy atom. The molecule has 1 aromatic carbocycles. The van der Waals surface area contributed by atoms with Gasteiger partial charge in [0.25, 0.3) is 0 Å². The summed E-state index contributed by atoms with van der Waals surface area (Å²) < 4.78 is 52.0. The van der Waals surface area contributed by atoms with E-state index in [9.17, 15) is 22.8 Å². The first-order valence-electron chi connectivity index (χ1n) is 10.2. The number of rotatable bonds is 9. The van der Waals surface area contributed by atoms with Crippen LogP contribution in [0.4, 0.5) is 13.2 Å². The Morgan fingerprint density at radius 1 is 1.09 bits per heavy atom. The number of benzene rings is 1.